The topological polar surface area (TPSA) is 64.5 Å². The fourth-order valence-corrected chi connectivity index (χ4v) is 8.40. The second-order valence-corrected chi connectivity index (χ2v) is 15.6. The summed E-state index contributed by atoms with van der Waals surface area (Å²) in [7, 11) is 0. The van der Waals surface area contributed by atoms with Gasteiger partial charge >= 0.3 is 0 Å². The van der Waals surface area contributed by atoms with Crippen LogP contribution in [0, 0.1) is 0 Å². The monoisotopic (exact) mass is 817 g/mol. The Balaban J connectivity index is 1.03. The maximum absolute atomic E-state index is 5.10. The Labute approximate surface area is 372 Å². The van der Waals surface area contributed by atoms with Crippen LogP contribution in [-0.4, -0.2) is 24.9 Å². The Morgan fingerprint density at radius 3 is 1.11 bits per heavy atom. The first-order valence-corrected chi connectivity index (χ1v) is 21.4. The lowest BCUT2D eigenvalue weighted by Crippen LogP contribution is -2.00. The summed E-state index contributed by atoms with van der Waals surface area (Å²) < 4.78 is 0. The first-order chi connectivity index (χ1) is 31.7. The lowest BCUT2D eigenvalue weighted by molar-refractivity contribution is 1.07. The summed E-state index contributed by atoms with van der Waals surface area (Å²) in [6, 6.07) is 81.9. The van der Waals surface area contributed by atoms with Crippen LogP contribution in [0.2, 0.25) is 0 Å². The van der Waals surface area contributed by atoms with Gasteiger partial charge in [0, 0.05) is 33.4 Å². The molecule has 0 saturated carbocycles. The lowest BCUT2D eigenvalue weighted by Gasteiger charge is -2.18. The molecule has 11 aromatic rings. The van der Waals surface area contributed by atoms with Crippen molar-refractivity contribution in [2.24, 2.45) is 0 Å². The SMILES string of the molecule is c1ccc(-c2cc(-c3ccccc3)nc(-c3ccc(-c4cccc(-c5cccc6ccccc56)c4-c4ccc(-c5nc(-c6ccccc6)nc(-c6ccccc6)n5)cc4)cc3)n2)cc1. The average Bonchev–Trinajstić information content (AvgIpc) is 3.39. The van der Waals surface area contributed by atoms with Crippen molar-refractivity contribution in [3.8, 4) is 101 Å². The molecule has 0 aliphatic heterocycles. The second kappa shape index (κ2) is 17.0. The van der Waals surface area contributed by atoms with E-state index in [1.807, 2.05) is 97.1 Å². The fraction of sp³-hybridized carbons (Fsp3) is 0. The Hall–Kier alpha value is -8.67. The maximum Gasteiger partial charge on any atom is 0.164 e. The Morgan fingerprint density at radius 1 is 0.219 bits per heavy atom. The molecule has 0 N–H and O–H groups in total. The summed E-state index contributed by atoms with van der Waals surface area (Å²) >= 11 is 0. The number of aromatic nitrogens is 5. The first kappa shape index (κ1) is 38.3. The average molecular weight is 818 g/mol. The van der Waals surface area contributed by atoms with E-state index in [0.717, 1.165) is 72.6 Å². The second-order valence-electron chi connectivity index (χ2n) is 15.6. The molecule has 0 aliphatic rings. The molecule has 64 heavy (non-hydrogen) atoms. The highest BCUT2D eigenvalue weighted by molar-refractivity contribution is 6.04. The minimum absolute atomic E-state index is 0.617. The van der Waals surface area contributed by atoms with E-state index in [1.54, 1.807) is 0 Å². The number of hydrogen-bond donors (Lipinski definition) is 0. The van der Waals surface area contributed by atoms with Gasteiger partial charge in [0.25, 0.3) is 0 Å². The summed E-state index contributed by atoms with van der Waals surface area (Å²) in [5.41, 5.74) is 14.3. The van der Waals surface area contributed by atoms with Crippen LogP contribution in [0.5, 0.6) is 0 Å². The van der Waals surface area contributed by atoms with Crippen LogP contribution in [0.4, 0.5) is 0 Å². The molecule has 5 heteroatoms. The molecule has 0 bridgehead atoms. The third-order valence-electron chi connectivity index (χ3n) is 11.6. The standard InChI is InChI=1S/C59H39N5/c1-5-18-42(19-6-1)53-39-54(43-20-7-2-8-21-43)61-56(60-53)47-35-31-41(32-36-47)50-28-16-30-52(51-29-15-26-40-17-13-14-27-49(40)51)55(50)44-33-37-48(38-34-44)59-63-57(45-22-9-3-10-23-45)62-58(64-59)46-24-11-4-12-25-46/h1-39H. The van der Waals surface area contributed by atoms with Gasteiger partial charge in [-0.3, -0.25) is 0 Å². The molecule has 0 atom stereocenters. The molecular weight excluding hydrogens is 779 g/mol. The Morgan fingerprint density at radius 2 is 0.578 bits per heavy atom. The van der Waals surface area contributed by atoms with E-state index >= 15 is 0 Å². The van der Waals surface area contributed by atoms with Crippen LogP contribution >= 0.6 is 0 Å². The van der Waals surface area contributed by atoms with E-state index in [-0.39, 0.29) is 0 Å². The summed E-state index contributed by atoms with van der Waals surface area (Å²) in [4.78, 5) is 25.1. The highest BCUT2D eigenvalue weighted by Gasteiger charge is 2.19. The molecule has 0 radical (unpaired) electrons. The number of nitrogens with zero attached hydrogens (tertiary/aromatic N) is 5. The quantitative estimate of drug-likeness (QED) is 0.145. The molecule has 5 nitrogen and oxygen atoms in total. The van der Waals surface area contributed by atoms with Crippen LogP contribution in [0.15, 0.2) is 237 Å². The van der Waals surface area contributed by atoms with Gasteiger partial charge in [0.1, 0.15) is 0 Å². The molecule has 300 valence electrons. The van der Waals surface area contributed by atoms with Crippen molar-refractivity contribution >= 4 is 10.8 Å². The van der Waals surface area contributed by atoms with Crippen LogP contribution < -0.4 is 0 Å². The lowest BCUT2D eigenvalue weighted by atomic mass is 9.86. The zero-order valence-electron chi connectivity index (χ0n) is 34.8. The van der Waals surface area contributed by atoms with Crippen LogP contribution in [0.3, 0.4) is 0 Å². The highest BCUT2D eigenvalue weighted by Crippen LogP contribution is 2.43. The number of hydrogen-bond acceptors (Lipinski definition) is 5. The summed E-state index contributed by atoms with van der Waals surface area (Å²) in [5, 5.41) is 2.40. The van der Waals surface area contributed by atoms with E-state index in [2.05, 4.69) is 140 Å². The van der Waals surface area contributed by atoms with Crippen molar-refractivity contribution in [1.29, 1.82) is 0 Å². The third-order valence-corrected chi connectivity index (χ3v) is 11.6. The van der Waals surface area contributed by atoms with Gasteiger partial charge in [-0.05, 0) is 50.2 Å². The molecule has 0 saturated heterocycles. The number of fused-ring (bicyclic) bond motifs is 1. The molecule has 0 amide bonds. The van der Waals surface area contributed by atoms with Crippen LogP contribution in [0.1, 0.15) is 0 Å². The van der Waals surface area contributed by atoms with Gasteiger partial charge in [-0.2, -0.15) is 0 Å². The summed E-state index contributed by atoms with van der Waals surface area (Å²) in [6.07, 6.45) is 0. The highest BCUT2D eigenvalue weighted by atomic mass is 15.0. The van der Waals surface area contributed by atoms with Crippen molar-refractivity contribution < 1.29 is 0 Å². The molecular formula is C59H39N5. The number of benzene rings is 9. The van der Waals surface area contributed by atoms with Crippen molar-refractivity contribution in [1.82, 2.24) is 24.9 Å². The van der Waals surface area contributed by atoms with E-state index in [0.29, 0.717) is 23.3 Å². The summed E-state index contributed by atoms with van der Waals surface area (Å²) in [5.74, 6) is 2.56. The molecule has 0 spiro atoms. The van der Waals surface area contributed by atoms with Crippen LogP contribution in [-0.2, 0) is 0 Å². The zero-order valence-corrected chi connectivity index (χ0v) is 34.8. The van der Waals surface area contributed by atoms with Crippen LogP contribution in [0.25, 0.3) is 112 Å². The normalized spacial score (nSPS) is 11.1. The first-order valence-electron chi connectivity index (χ1n) is 21.4. The largest absolute Gasteiger partial charge is 0.228 e. The smallest absolute Gasteiger partial charge is 0.164 e. The van der Waals surface area contributed by atoms with Gasteiger partial charge in [-0.1, -0.05) is 231 Å². The van der Waals surface area contributed by atoms with E-state index in [9.17, 15) is 0 Å². The van der Waals surface area contributed by atoms with Crippen molar-refractivity contribution in [3.05, 3.63) is 237 Å². The van der Waals surface area contributed by atoms with E-state index in [4.69, 9.17) is 24.9 Å². The fourth-order valence-electron chi connectivity index (χ4n) is 8.40. The molecule has 11 rings (SSSR count). The minimum Gasteiger partial charge on any atom is -0.228 e. The minimum atomic E-state index is 0.617. The predicted octanol–water partition coefficient (Wildman–Crippen LogP) is 14.8. The van der Waals surface area contributed by atoms with E-state index < -0.39 is 0 Å². The number of rotatable bonds is 9. The van der Waals surface area contributed by atoms with Gasteiger partial charge in [0.2, 0.25) is 0 Å². The summed E-state index contributed by atoms with van der Waals surface area (Å²) in [6.45, 7) is 0. The molecule has 0 aliphatic carbocycles. The molecule has 2 heterocycles. The van der Waals surface area contributed by atoms with Crippen molar-refractivity contribution in [2.75, 3.05) is 0 Å². The predicted molar refractivity (Wildman–Crippen MR) is 262 cm³/mol. The van der Waals surface area contributed by atoms with Crippen molar-refractivity contribution in [2.45, 2.75) is 0 Å². The van der Waals surface area contributed by atoms with Gasteiger partial charge in [-0.15, -0.1) is 0 Å². The maximum atomic E-state index is 5.10. The molecule has 2 aromatic heterocycles. The van der Waals surface area contributed by atoms with E-state index in [1.165, 1.54) is 16.3 Å². The van der Waals surface area contributed by atoms with Gasteiger partial charge in [-0.25, -0.2) is 24.9 Å². The van der Waals surface area contributed by atoms with Gasteiger partial charge in [0.15, 0.2) is 23.3 Å². The van der Waals surface area contributed by atoms with Gasteiger partial charge < -0.3 is 0 Å². The molecule has 0 fully saturated rings. The Kier molecular flexibility index (Phi) is 10.2. The zero-order chi connectivity index (χ0) is 42.7. The Bertz CT molecular complexity index is 3270. The molecule has 9 aromatic carbocycles. The third kappa shape index (κ3) is 7.63. The van der Waals surface area contributed by atoms with Gasteiger partial charge in [0.05, 0.1) is 11.4 Å². The van der Waals surface area contributed by atoms with Crippen molar-refractivity contribution in [3.63, 3.8) is 0 Å². The molecule has 0 unspecified atom stereocenters.